The second kappa shape index (κ2) is 5.45. The Labute approximate surface area is 101 Å². The lowest BCUT2D eigenvalue weighted by Gasteiger charge is -2.01. The third-order valence-electron chi connectivity index (χ3n) is 1.66. The van der Waals surface area contributed by atoms with Gasteiger partial charge in [0.1, 0.15) is 17.8 Å². The van der Waals surface area contributed by atoms with Gasteiger partial charge in [0.2, 0.25) is 5.71 Å². The van der Waals surface area contributed by atoms with Crippen LogP contribution >= 0.6 is 11.6 Å². The molecule has 0 saturated heterocycles. The lowest BCUT2D eigenvalue weighted by Crippen LogP contribution is -1.99. The van der Waals surface area contributed by atoms with E-state index >= 15 is 0 Å². The van der Waals surface area contributed by atoms with E-state index < -0.39 is 10.6 Å². The number of benzene rings is 1. The van der Waals surface area contributed by atoms with Crippen molar-refractivity contribution in [3.05, 3.63) is 33.3 Å². The first-order valence-corrected chi connectivity index (χ1v) is 4.54. The normalized spacial score (nSPS) is 8.65. The van der Waals surface area contributed by atoms with Gasteiger partial charge < -0.3 is 0 Å². The summed E-state index contributed by atoms with van der Waals surface area (Å²) in [5.41, 5.74) is 1.58. The molecule has 0 radical (unpaired) electrons. The van der Waals surface area contributed by atoms with Crippen LogP contribution in [0.25, 0.3) is 0 Å². The summed E-state index contributed by atoms with van der Waals surface area (Å²) in [5.74, 6) is 0. The first-order valence-electron chi connectivity index (χ1n) is 4.16. The zero-order valence-electron chi connectivity index (χ0n) is 8.22. The zero-order valence-corrected chi connectivity index (χ0v) is 8.97. The Morgan fingerprint density at radius 3 is 2.65 bits per heavy atom. The number of rotatable bonds is 3. The summed E-state index contributed by atoms with van der Waals surface area (Å²) < 4.78 is 0. The van der Waals surface area contributed by atoms with E-state index in [9.17, 15) is 10.1 Å². The lowest BCUT2D eigenvalue weighted by molar-refractivity contribution is -0.383. The fraction of sp³-hybridized carbons (Fsp3) is 0. The third-order valence-corrected chi connectivity index (χ3v) is 1.89. The molecule has 8 heteroatoms. The first kappa shape index (κ1) is 12.4. The van der Waals surface area contributed by atoms with E-state index in [1.54, 1.807) is 0 Å². The summed E-state index contributed by atoms with van der Waals surface area (Å²) in [4.78, 5) is 10.0. The number of nitriles is 2. The van der Waals surface area contributed by atoms with E-state index in [1.165, 1.54) is 24.3 Å². The predicted molar refractivity (Wildman–Crippen MR) is 60.4 cm³/mol. The monoisotopic (exact) mass is 249 g/mol. The Hall–Kier alpha value is -2.64. The highest BCUT2D eigenvalue weighted by molar-refractivity contribution is 6.30. The number of hydrogen-bond acceptors (Lipinski definition) is 6. The van der Waals surface area contributed by atoms with E-state index in [0.717, 1.165) is 6.07 Å². The van der Waals surface area contributed by atoms with Gasteiger partial charge in [-0.3, -0.25) is 15.5 Å². The highest BCUT2D eigenvalue weighted by Crippen LogP contribution is 2.27. The summed E-state index contributed by atoms with van der Waals surface area (Å²) in [6.45, 7) is 0. The fourth-order valence-corrected chi connectivity index (χ4v) is 1.11. The number of nitro groups is 1. The maximum atomic E-state index is 10.7. The number of halogens is 1. The number of nitro benzene ring substituents is 1. The van der Waals surface area contributed by atoms with Gasteiger partial charge in [0.25, 0.3) is 5.69 Å². The first-order chi connectivity index (χ1) is 8.08. The second-order valence-electron chi connectivity index (χ2n) is 2.71. The molecule has 0 aliphatic carbocycles. The average molecular weight is 250 g/mol. The van der Waals surface area contributed by atoms with Crippen LogP contribution in [0.2, 0.25) is 5.02 Å². The van der Waals surface area contributed by atoms with Crippen LogP contribution in [-0.2, 0) is 0 Å². The molecule has 1 N–H and O–H groups in total. The molecule has 0 unspecified atom stereocenters. The number of hydrogen-bond donors (Lipinski definition) is 1. The van der Waals surface area contributed by atoms with Crippen molar-refractivity contribution >= 4 is 28.7 Å². The molecule has 0 atom stereocenters. The molecular weight excluding hydrogens is 246 g/mol. The summed E-state index contributed by atoms with van der Waals surface area (Å²) in [7, 11) is 0. The molecule has 1 rings (SSSR count). The van der Waals surface area contributed by atoms with E-state index in [2.05, 4.69) is 10.5 Å². The smallest absolute Gasteiger partial charge is 0.270 e. The molecule has 0 saturated carbocycles. The minimum atomic E-state index is -0.651. The molecule has 7 nitrogen and oxygen atoms in total. The van der Waals surface area contributed by atoms with E-state index in [4.69, 9.17) is 22.1 Å². The molecule has 1 aromatic carbocycles. The van der Waals surface area contributed by atoms with E-state index in [0.29, 0.717) is 0 Å². The molecule has 0 aliphatic rings. The standard InChI is InChI=1S/C9H4ClN5O2/c10-6-1-2-8(9(3-6)15(16)17)14-13-7(4-11)5-12/h1-3,14H. The highest BCUT2D eigenvalue weighted by atomic mass is 35.5. The number of anilines is 1. The Bertz CT molecular complexity index is 554. The number of hydrazone groups is 1. The van der Waals surface area contributed by atoms with Crippen LogP contribution < -0.4 is 5.43 Å². The van der Waals surface area contributed by atoms with Crippen LogP contribution in [0.15, 0.2) is 23.3 Å². The zero-order chi connectivity index (χ0) is 12.8. The van der Waals surface area contributed by atoms with Gasteiger partial charge >= 0.3 is 0 Å². The van der Waals surface area contributed by atoms with Gasteiger partial charge in [-0.1, -0.05) is 11.6 Å². The molecular formula is C9H4ClN5O2. The predicted octanol–water partition coefficient (Wildman–Crippen LogP) is 2.06. The number of nitrogens with zero attached hydrogens (tertiary/aromatic N) is 4. The van der Waals surface area contributed by atoms with Crippen molar-refractivity contribution in [3.63, 3.8) is 0 Å². The average Bonchev–Trinajstić information content (AvgIpc) is 2.31. The van der Waals surface area contributed by atoms with Crippen molar-refractivity contribution < 1.29 is 4.92 Å². The van der Waals surface area contributed by atoms with Crippen molar-refractivity contribution in [2.75, 3.05) is 5.43 Å². The summed E-state index contributed by atoms with van der Waals surface area (Å²) in [6.07, 6.45) is 0. The second-order valence-corrected chi connectivity index (χ2v) is 3.15. The van der Waals surface area contributed by atoms with Gasteiger partial charge in [-0.25, -0.2) is 0 Å². The van der Waals surface area contributed by atoms with Crippen LogP contribution in [0.1, 0.15) is 0 Å². The van der Waals surface area contributed by atoms with Gasteiger partial charge in [-0.05, 0) is 12.1 Å². The Balaban J connectivity index is 3.09. The van der Waals surface area contributed by atoms with Crippen LogP contribution in [0, 0.1) is 32.8 Å². The van der Waals surface area contributed by atoms with Crippen LogP contribution in [0.3, 0.4) is 0 Å². The fourth-order valence-electron chi connectivity index (χ4n) is 0.942. The van der Waals surface area contributed by atoms with Crippen molar-refractivity contribution in [1.82, 2.24) is 0 Å². The number of nitrogens with one attached hydrogen (secondary N) is 1. The Kier molecular flexibility index (Phi) is 3.98. The molecule has 84 valence electrons. The summed E-state index contributed by atoms with van der Waals surface area (Å²) in [5, 5.41) is 31.1. The van der Waals surface area contributed by atoms with Crippen LogP contribution in [0.5, 0.6) is 0 Å². The van der Waals surface area contributed by atoms with Crippen molar-refractivity contribution in [1.29, 1.82) is 10.5 Å². The van der Waals surface area contributed by atoms with Gasteiger partial charge in [0.05, 0.1) is 4.92 Å². The molecule has 0 heterocycles. The molecule has 1 aromatic rings. The van der Waals surface area contributed by atoms with E-state index in [-0.39, 0.29) is 16.4 Å². The maximum Gasteiger partial charge on any atom is 0.295 e. The Morgan fingerprint density at radius 2 is 2.12 bits per heavy atom. The van der Waals surface area contributed by atoms with Gasteiger partial charge in [-0.2, -0.15) is 15.6 Å². The summed E-state index contributed by atoms with van der Waals surface area (Å²) >= 11 is 5.61. The largest absolute Gasteiger partial charge is 0.295 e. The maximum absolute atomic E-state index is 10.7. The van der Waals surface area contributed by atoms with Crippen molar-refractivity contribution in [3.8, 4) is 12.1 Å². The van der Waals surface area contributed by atoms with Crippen LogP contribution in [-0.4, -0.2) is 10.6 Å². The minimum Gasteiger partial charge on any atom is -0.270 e. The summed E-state index contributed by atoms with van der Waals surface area (Å²) in [6, 6.07) is 6.91. The molecule has 17 heavy (non-hydrogen) atoms. The quantitative estimate of drug-likeness (QED) is 0.500. The molecule has 0 amide bonds. The third kappa shape index (κ3) is 3.16. The van der Waals surface area contributed by atoms with Crippen molar-refractivity contribution in [2.24, 2.45) is 5.10 Å². The highest BCUT2D eigenvalue weighted by Gasteiger charge is 2.13. The van der Waals surface area contributed by atoms with Gasteiger partial charge in [0, 0.05) is 11.1 Å². The van der Waals surface area contributed by atoms with Gasteiger partial charge in [0.15, 0.2) is 0 Å². The minimum absolute atomic E-state index is 0.0439. The molecule has 0 aliphatic heterocycles. The van der Waals surface area contributed by atoms with E-state index in [1.807, 2.05) is 0 Å². The van der Waals surface area contributed by atoms with Crippen molar-refractivity contribution in [2.45, 2.75) is 0 Å². The topological polar surface area (TPSA) is 115 Å². The van der Waals surface area contributed by atoms with Crippen LogP contribution in [0.4, 0.5) is 11.4 Å². The Morgan fingerprint density at radius 1 is 1.47 bits per heavy atom. The molecule has 0 bridgehead atoms. The molecule has 0 fully saturated rings. The SMILES string of the molecule is N#CC(C#N)=NNc1ccc(Cl)cc1[N+](=O)[O-]. The van der Waals surface area contributed by atoms with Gasteiger partial charge in [-0.15, -0.1) is 0 Å². The molecule has 0 spiro atoms. The molecule has 0 aromatic heterocycles. The lowest BCUT2D eigenvalue weighted by atomic mass is 10.3.